The van der Waals surface area contributed by atoms with Gasteiger partial charge in [0.05, 0.1) is 18.4 Å². The Kier molecular flexibility index (Phi) is 6.20. The van der Waals surface area contributed by atoms with Gasteiger partial charge in [-0.25, -0.2) is 4.68 Å². The van der Waals surface area contributed by atoms with Gasteiger partial charge in [0.15, 0.2) is 5.82 Å². The molecule has 0 saturated carbocycles. The van der Waals surface area contributed by atoms with Crippen LogP contribution >= 0.6 is 23.4 Å². The standard InChI is InChI=1S/C18H18ClN5O2S/c1-26-15-5-3-2-4-14(15)17-22-23-18(24(17)20)27-11-16(25)21-10-12-6-8-13(19)9-7-12/h2-9H,10-11,20H2,1H3,(H,21,25). The van der Waals surface area contributed by atoms with Crippen molar-refractivity contribution in [1.29, 1.82) is 0 Å². The van der Waals surface area contributed by atoms with Crippen LogP contribution in [0.5, 0.6) is 5.75 Å². The Labute approximate surface area is 165 Å². The van der Waals surface area contributed by atoms with Gasteiger partial charge < -0.3 is 15.9 Å². The topological polar surface area (TPSA) is 95.1 Å². The van der Waals surface area contributed by atoms with Crippen molar-refractivity contribution in [3.8, 4) is 17.1 Å². The summed E-state index contributed by atoms with van der Waals surface area (Å²) in [6, 6.07) is 14.7. The minimum Gasteiger partial charge on any atom is -0.496 e. The lowest BCUT2D eigenvalue weighted by atomic mass is 10.2. The maximum absolute atomic E-state index is 12.1. The quantitative estimate of drug-likeness (QED) is 0.465. The van der Waals surface area contributed by atoms with Gasteiger partial charge in [0.25, 0.3) is 0 Å². The average molecular weight is 404 g/mol. The van der Waals surface area contributed by atoms with E-state index in [2.05, 4.69) is 15.5 Å². The molecule has 1 amide bonds. The summed E-state index contributed by atoms with van der Waals surface area (Å²) in [6.45, 7) is 0.429. The minimum absolute atomic E-state index is 0.128. The molecule has 2 aromatic carbocycles. The predicted octanol–water partition coefficient (Wildman–Crippen LogP) is 2.73. The van der Waals surface area contributed by atoms with Crippen LogP contribution in [0.3, 0.4) is 0 Å². The first-order valence-electron chi connectivity index (χ1n) is 8.06. The lowest BCUT2D eigenvalue weighted by Crippen LogP contribution is -2.25. The number of ether oxygens (including phenoxy) is 1. The van der Waals surface area contributed by atoms with Crippen molar-refractivity contribution in [3.05, 3.63) is 59.1 Å². The molecule has 0 saturated heterocycles. The van der Waals surface area contributed by atoms with E-state index >= 15 is 0 Å². The van der Waals surface area contributed by atoms with E-state index < -0.39 is 0 Å². The normalized spacial score (nSPS) is 10.6. The first kappa shape index (κ1) is 19.1. The first-order valence-corrected chi connectivity index (χ1v) is 9.42. The van der Waals surface area contributed by atoms with E-state index in [0.29, 0.717) is 28.3 Å². The van der Waals surface area contributed by atoms with Crippen molar-refractivity contribution in [2.75, 3.05) is 18.7 Å². The van der Waals surface area contributed by atoms with Crippen molar-refractivity contribution in [1.82, 2.24) is 20.2 Å². The molecule has 3 aromatic rings. The van der Waals surface area contributed by atoms with E-state index in [0.717, 1.165) is 11.1 Å². The number of hydrogen-bond acceptors (Lipinski definition) is 6. The van der Waals surface area contributed by atoms with Crippen LogP contribution in [0.25, 0.3) is 11.4 Å². The van der Waals surface area contributed by atoms with Crippen molar-refractivity contribution in [3.63, 3.8) is 0 Å². The highest BCUT2D eigenvalue weighted by molar-refractivity contribution is 7.99. The molecule has 27 heavy (non-hydrogen) atoms. The fraction of sp³-hybridized carbons (Fsp3) is 0.167. The number of nitrogen functional groups attached to an aromatic ring is 1. The molecule has 1 heterocycles. The number of carbonyl (C=O) groups excluding carboxylic acids is 1. The summed E-state index contributed by atoms with van der Waals surface area (Å²) < 4.78 is 6.68. The van der Waals surface area contributed by atoms with Gasteiger partial charge in [-0.05, 0) is 29.8 Å². The molecule has 0 bridgehead atoms. The maximum Gasteiger partial charge on any atom is 0.230 e. The Bertz CT molecular complexity index is 930. The molecular formula is C18H18ClN5O2S. The van der Waals surface area contributed by atoms with Crippen molar-refractivity contribution >= 4 is 29.3 Å². The van der Waals surface area contributed by atoms with Gasteiger partial charge in [0, 0.05) is 11.6 Å². The Morgan fingerprint density at radius 1 is 1.22 bits per heavy atom. The Balaban J connectivity index is 1.59. The van der Waals surface area contributed by atoms with Crippen LogP contribution in [-0.2, 0) is 11.3 Å². The fourth-order valence-electron chi connectivity index (χ4n) is 2.37. The second kappa shape index (κ2) is 8.79. The second-order valence-corrected chi connectivity index (χ2v) is 6.95. The van der Waals surface area contributed by atoms with E-state index in [-0.39, 0.29) is 11.7 Å². The molecule has 0 aliphatic rings. The Hall–Kier alpha value is -2.71. The van der Waals surface area contributed by atoms with Crippen LogP contribution in [0.4, 0.5) is 0 Å². The summed E-state index contributed by atoms with van der Waals surface area (Å²) in [5.74, 6) is 7.26. The number of benzene rings is 2. The highest BCUT2D eigenvalue weighted by Crippen LogP contribution is 2.29. The number of halogens is 1. The Morgan fingerprint density at radius 3 is 2.70 bits per heavy atom. The second-order valence-electron chi connectivity index (χ2n) is 5.57. The number of nitrogens with zero attached hydrogens (tertiary/aromatic N) is 3. The molecule has 9 heteroatoms. The summed E-state index contributed by atoms with van der Waals surface area (Å²) in [4.78, 5) is 12.1. The van der Waals surface area contributed by atoms with Gasteiger partial charge in [-0.2, -0.15) is 0 Å². The van der Waals surface area contributed by atoms with Gasteiger partial charge in [-0.3, -0.25) is 4.79 Å². The van der Waals surface area contributed by atoms with E-state index in [9.17, 15) is 4.79 Å². The van der Waals surface area contributed by atoms with Gasteiger partial charge in [0.1, 0.15) is 5.75 Å². The van der Waals surface area contributed by atoms with E-state index in [4.69, 9.17) is 22.2 Å². The molecule has 0 fully saturated rings. The lowest BCUT2D eigenvalue weighted by molar-refractivity contribution is -0.118. The zero-order chi connectivity index (χ0) is 19.2. The number of para-hydroxylation sites is 1. The number of methoxy groups -OCH3 is 1. The lowest BCUT2D eigenvalue weighted by Gasteiger charge is -2.08. The van der Waals surface area contributed by atoms with E-state index in [1.807, 2.05) is 36.4 Å². The molecule has 140 valence electrons. The average Bonchev–Trinajstić information content (AvgIpc) is 3.06. The number of thioether (sulfide) groups is 1. The molecule has 3 rings (SSSR count). The molecule has 0 aliphatic heterocycles. The number of carbonyl (C=O) groups is 1. The van der Waals surface area contributed by atoms with E-state index in [1.54, 1.807) is 19.2 Å². The fourth-order valence-corrected chi connectivity index (χ4v) is 3.18. The Morgan fingerprint density at radius 2 is 1.96 bits per heavy atom. The molecule has 0 unspecified atom stereocenters. The number of nitrogens with two attached hydrogens (primary N) is 1. The number of amides is 1. The smallest absolute Gasteiger partial charge is 0.230 e. The molecule has 1 aromatic heterocycles. The highest BCUT2D eigenvalue weighted by atomic mass is 35.5. The van der Waals surface area contributed by atoms with Crippen LogP contribution in [0.2, 0.25) is 5.02 Å². The summed E-state index contributed by atoms with van der Waals surface area (Å²) in [5.41, 5.74) is 1.70. The first-order chi connectivity index (χ1) is 13.1. The van der Waals surface area contributed by atoms with Crippen molar-refractivity contribution in [2.45, 2.75) is 11.7 Å². The highest BCUT2D eigenvalue weighted by Gasteiger charge is 2.16. The van der Waals surface area contributed by atoms with Gasteiger partial charge >= 0.3 is 0 Å². The number of hydrogen-bond donors (Lipinski definition) is 2. The summed E-state index contributed by atoms with van der Waals surface area (Å²) in [6.07, 6.45) is 0. The summed E-state index contributed by atoms with van der Waals surface area (Å²) in [5, 5.41) is 12.1. The summed E-state index contributed by atoms with van der Waals surface area (Å²) in [7, 11) is 1.58. The van der Waals surface area contributed by atoms with Crippen LogP contribution in [-0.4, -0.2) is 33.6 Å². The van der Waals surface area contributed by atoms with E-state index in [1.165, 1.54) is 16.4 Å². The minimum atomic E-state index is -0.128. The monoisotopic (exact) mass is 403 g/mol. The zero-order valence-electron chi connectivity index (χ0n) is 14.6. The molecule has 3 N–H and O–H groups in total. The van der Waals surface area contributed by atoms with Crippen LogP contribution < -0.4 is 15.9 Å². The van der Waals surface area contributed by atoms with Gasteiger partial charge in [0.2, 0.25) is 11.1 Å². The van der Waals surface area contributed by atoms with Crippen LogP contribution in [0.15, 0.2) is 53.7 Å². The number of rotatable bonds is 7. The molecule has 0 radical (unpaired) electrons. The van der Waals surface area contributed by atoms with Gasteiger partial charge in [-0.1, -0.05) is 47.6 Å². The summed E-state index contributed by atoms with van der Waals surface area (Å²) >= 11 is 7.06. The third-order valence-electron chi connectivity index (χ3n) is 3.75. The molecule has 0 aliphatic carbocycles. The molecule has 0 spiro atoms. The van der Waals surface area contributed by atoms with Crippen molar-refractivity contribution < 1.29 is 9.53 Å². The number of aromatic nitrogens is 3. The largest absolute Gasteiger partial charge is 0.496 e. The van der Waals surface area contributed by atoms with Crippen LogP contribution in [0.1, 0.15) is 5.56 Å². The van der Waals surface area contributed by atoms with Gasteiger partial charge in [-0.15, -0.1) is 10.2 Å². The zero-order valence-corrected chi connectivity index (χ0v) is 16.1. The number of nitrogens with one attached hydrogen (secondary N) is 1. The SMILES string of the molecule is COc1ccccc1-c1nnc(SCC(=O)NCc2ccc(Cl)cc2)n1N. The third-order valence-corrected chi connectivity index (χ3v) is 4.94. The predicted molar refractivity (Wildman–Crippen MR) is 106 cm³/mol. The maximum atomic E-state index is 12.1. The molecule has 0 atom stereocenters. The van der Waals surface area contributed by atoms with Crippen molar-refractivity contribution in [2.24, 2.45) is 0 Å². The molecular weight excluding hydrogens is 386 g/mol. The molecule has 7 nitrogen and oxygen atoms in total. The van der Waals surface area contributed by atoms with Crippen LogP contribution in [0, 0.1) is 0 Å². The third kappa shape index (κ3) is 4.72.